The maximum atomic E-state index is 13.2. The molecular formula is C11H15ClFN. The Morgan fingerprint density at radius 3 is 2.57 bits per heavy atom. The largest absolute Gasteiger partial charge is 0.324 e. The van der Waals surface area contributed by atoms with E-state index in [0.717, 1.165) is 5.57 Å². The van der Waals surface area contributed by atoms with E-state index in [1.54, 1.807) is 18.2 Å². The van der Waals surface area contributed by atoms with E-state index in [1.165, 1.54) is 6.07 Å². The summed E-state index contributed by atoms with van der Waals surface area (Å²) in [6.45, 7) is 5.64. The molecule has 14 heavy (non-hydrogen) atoms. The monoisotopic (exact) mass is 215 g/mol. The van der Waals surface area contributed by atoms with Crippen molar-refractivity contribution in [3.8, 4) is 0 Å². The van der Waals surface area contributed by atoms with Crippen LogP contribution >= 0.6 is 12.4 Å². The van der Waals surface area contributed by atoms with Crippen LogP contribution in [0.3, 0.4) is 0 Å². The molecule has 0 spiro atoms. The molecule has 0 heterocycles. The molecule has 0 radical (unpaired) electrons. The number of nitrogens with two attached hydrogens (primary N) is 1. The van der Waals surface area contributed by atoms with Crippen molar-refractivity contribution in [3.63, 3.8) is 0 Å². The lowest BCUT2D eigenvalue weighted by Crippen LogP contribution is -2.12. The predicted octanol–water partition coefficient (Wildman–Crippen LogP) is 3.21. The molecule has 3 heteroatoms. The van der Waals surface area contributed by atoms with Gasteiger partial charge in [-0.15, -0.1) is 19.0 Å². The molecule has 1 atom stereocenters. The van der Waals surface area contributed by atoms with Gasteiger partial charge in [0, 0.05) is 11.6 Å². The molecule has 0 saturated heterocycles. The highest BCUT2D eigenvalue weighted by molar-refractivity contribution is 5.85. The van der Waals surface area contributed by atoms with Gasteiger partial charge in [-0.25, -0.2) is 4.39 Å². The van der Waals surface area contributed by atoms with Crippen LogP contribution in [-0.2, 0) is 0 Å². The molecule has 1 rings (SSSR count). The van der Waals surface area contributed by atoms with Gasteiger partial charge < -0.3 is 5.73 Å². The van der Waals surface area contributed by atoms with Crippen molar-refractivity contribution in [3.05, 3.63) is 47.8 Å². The van der Waals surface area contributed by atoms with Crippen LogP contribution in [0.5, 0.6) is 0 Å². The highest BCUT2D eigenvalue weighted by Gasteiger charge is 2.09. The Bertz CT molecular complexity index is 312. The van der Waals surface area contributed by atoms with Gasteiger partial charge in [0.05, 0.1) is 0 Å². The molecule has 0 aromatic heterocycles. The molecule has 0 aliphatic heterocycles. The molecule has 1 aromatic carbocycles. The van der Waals surface area contributed by atoms with Crippen LogP contribution in [0.2, 0.25) is 0 Å². The van der Waals surface area contributed by atoms with Crippen LogP contribution in [0, 0.1) is 5.82 Å². The van der Waals surface area contributed by atoms with Gasteiger partial charge in [0.25, 0.3) is 0 Å². The maximum Gasteiger partial charge on any atom is 0.127 e. The summed E-state index contributed by atoms with van der Waals surface area (Å²) in [7, 11) is 0. The summed E-state index contributed by atoms with van der Waals surface area (Å²) in [6, 6.07) is 6.30. The number of halogens is 2. The fourth-order valence-corrected chi connectivity index (χ4v) is 1.26. The molecule has 0 unspecified atom stereocenters. The Hall–Kier alpha value is -0.860. The molecule has 0 aliphatic rings. The third kappa shape index (κ3) is 3.48. The van der Waals surface area contributed by atoms with E-state index >= 15 is 0 Å². The van der Waals surface area contributed by atoms with E-state index in [0.29, 0.717) is 12.0 Å². The molecular weight excluding hydrogens is 201 g/mol. The Labute approximate surface area is 90.2 Å². The minimum Gasteiger partial charge on any atom is -0.324 e. The van der Waals surface area contributed by atoms with Gasteiger partial charge >= 0.3 is 0 Å². The zero-order valence-corrected chi connectivity index (χ0v) is 8.98. The van der Waals surface area contributed by atoms with Gasteiger partial charge in [-0.1, -0.05) is 23.8 Å². The Kier molecular flexibility index (Phi) is 5.43. The van der Waals surface area contributed by atoms with Gasteiger partial charge in [-0.2, -0.15) is 0 Å². The topological polar surface area (TPSA) is 26.0 Å². The lowest BCUT2D eigenvalue weighted by atomic mass is 10.0. The second kappa shape index (κ2) is 5.78. The molecule has 2 N–H and O–H groups in total. The molecule has 0 bridgehead atoms. The predicted molar refractivity (Wildman–Crippen MR) is 60.0 cm³/mol. The minimum absolute atomic E-state index is 0. The summed E-state index contributed by atoms with van der Waals surface area (Å²) in [5.74, 6) is -0.240. The number of benzene rings is 1. The standard InChI is InChI=1S/C11H14FN.ClH/c1-8(2)7-11(13)9-5-3-4-6-10(9)12;/h3-6,11H,1,7,13H2,2H3;1H/t11-;/m0./s1. The second-order valence-corrected chi connectivity index (χ2v) is 3.29. The van der Waals surface area contributed by atoms with E-state index in [9.17, 15) is 4.39 Å². The minimum atomic E-state index is -0.279. The average Bonchev–Trinajstić information content (AvgIpc) is 2.03. The van der Waals surface area contributed by atoms with E-state index in [1.807, 2.05) is 6.92 Å². The van der Waals surface area contributed by atoms with Crippen LogP contribution in [0.1, 0.15) is 24.9 Å². The quantitative estimate of drug-likeness (QED) is 0.770. The summed E-state index contributed by atoms with van der Waals surface area (Å²) in [5, 5.41) is 0. The summed E-state index contributed by atoms with van der Waals surface area (Å²) in [4.78, 5) is 0. The second-order valence-electron chi connectivity index (χ2n) is 3.29. The van der Waals surface area contributed by atoms with Gasteiger partial charge in [0.15, 0.2) is 0 Å². The fourth-order valence-electron chi connectivity index (χ4n) is 1.26. The lowest BCUT2D eigenvalue weighted by molar-refractivity contribution is 0.580. The first-order valence-corrected chi connectivity index (χ1v) is 4.25. The van der Waals surface area contributed by atoms with Crippen molar-refractivity contribution < 1.29 is 4.39 Å². The van der Waals surface area contributed by atoms with Crippen LogP contribution in [0.4, 0.5) is 4.39 Å². The van der Waals surface area contributed by atoms with E-state index in [-0.39, 0.29) is 24.3 Å². The zero-order chi connectivity index (χ0) is 9.84. The third-order valence-corrected chi connectivity index (χ3v) is 1.87. The van der Waals surface area contributed by atoms with Crippen molar-refractivity contribution in [2.24, 2.45) is 5.73 Å². The smallest absolute Gasteiger partial charge is 0.127 e. The summed E-state index contributed by atoms with van der Waals surface area (Å²) >= 11 is 0. The maximum absolute atomic E-state index is 13.2. The summed E-state index contributed by atoms with van der Waals surface area (Å²) < 4.78 is 13.2. The van der Waals surface area contributed by atoms with Crippen LogP contribution < -0.4 is 5.73 Å². The van der Waals surface area contributed by atoms with Gasteiger partial charge in [-0.05, 0) is 19.4 Å². The first kappa shape index (κ1) is 13.1. The van der Waals surface area contributed by atoms with Crippen molar-refractivity contribution in [2.75, 3.05) is 0 Å². The van der Waals surface area contributed by atoms with Crippen LogP contribution in [-0.4, -0.2) is 0 Å². The van der Waals surface area contributed by atoms with E-state index in [4.69, 9.17) is 5.73 Å². The number of hydrogen-bond donors (Lipinski definition) is 1. The Morgan fingerprint density at radius 1 is 1.50 bits per heavy atom. The van der Waals surface area contributed by atoms with E-state index < -0.39 is 0 Å². The van der Waals surface area contributed by atoms with Crippen molar-refractivity contribution >= 4 is 12.4 Å². The summed E-state index contributed by atoms with van der Waals surface area (Å²) in [6.07, 6.45) is 0.626. The number of hydrogen-bond acceptors (Lipinski definition) is 1. The first-order chi connectivity index (χ1) is 6.11. The Morgan fingerprint density at radius 2 is 2.07 bits per heavy atom. The zero-order valence-electron chi connectivity index (χ0n) is 8.16. The number of rotatable bonds is 3. The van der Waals surface area contributed by atoms with Gasteiger partial charge in [-0.3, -0.25) is 0 Å². The Balaban J connectivity index is 0.00000169. The lowest BCUT2D eigenvalue weighted by Gasteiger charge is -2.12. The highest BCUT2D eigenvalue weighted by Crippen LogP contribution is 2.19. The van der Waals surface area contributed by atoms with Gasteiger partial charge in [0.1, 0.15) is 5.82 Å². The highest BCUT2D eigenvalue weighted by atomic mass is 35.5. The molecule has 1 aromatic rings. The summed E-state index contributed by atoms with van der Waals surface area (Å²) in [5.41, 5.74) is 7.32. The molecule has 0 amide bonds. The normalized spacial score (nSPS) is 11.6. The average molecular weight is 216 g/mol. The van der Waals surface area contributed by atoms with Crippen molar-refractivity contribution in [1.29, 1.82) is 0 Å². The van der Waals surface area contributed by atoms with Crippen LogP contribution in [0.25, 0.3) is 0 Å². The molecule has 0 fully saturated rings. The van der Waals surface area contributed by atoms with Crippen LogP contribution in [0.15, 0.2) is 36.4 Å². The molecule has 0 aliphatic carbocycles. The SMILES string of the molecule is C=C(C)C[C@H](N)c1ccccc1F.Cl. The van der Waals surface area contributed by atoms with Crippen molar-refractivity contribution in [2.45, 2.75) is 19.4 Å². The third-order valence-electron chi connectivity index (χ3n) is 1.87. The molecule has 78 valence electrons. The molecule has 1 nitrogen and oxygen atoms in total. The molecule has 0 saturated carbocycles. The first-order valence-electron chi connectivity index (χ1n) is 4.25. The fraction of sp³-hybridized carbons (Fsp3) is 0.273. The van der Waals surface area contributed by atoms with Crippen molar-refractivity contribution in [1.82, 2.24) is 0 Å². The van der Waals surface area contributed by atoms with Gasteiger partial charge in [0.2, 0.25) is 0 Å². The van der Waals surface area contributed by atoms with E-state index in [2.05, 4.69) is 6.58 Å².